The molecule has 1 aliphatic carbocycles. The lowest BCUT2D eigenvalue weighted by atomic mass is 9.88. The molecular formula is C16H14O4. The Bertz CT molecular complexity index is 717. The summed E-state index contributed by atoms with van der Waals surface area (Å²) in [6.07, 6.45) is 3.43. The van der Waals surface area contributed by atoms with E-state index < -0.39 is 0 Å². The van der Waals surface area contributed by atoms with E-state index >= 15 is 0 Å². The van der Waals surface area contributed by atoms with Crippen LogP contribution in [-0.2, 0) is 6.42 Å². The maximum Gasteiger partial charge on any atom is 0.158 e. The fourth-order valence-electron chi connectivity index (χ4n) is 2.47. The van der Waals surface area contributed by atoms with E-state index in [1.165, 1.54) is 18.2 Å². The van der Waals surface area contributed by atoms with Crippen molar-refractivity contribution < 1.29 is 20.4 Å². The molecule has 2 aromatic rings. The SMILES string of the molecule is Oc1ccc(C2=Cc3cc(O)c(O)cc3CC2)cc1O. The van der Waals surface area contributed by atoms with Gasteiger partial charge in [-0.05, 0) is 59.4 Å². The zero-order chi connectivity index (χ0) is 14.3. The van der Waals surface area contributed by atoms with Crippen molar-refractivity contribution in [1.29, 1.82) is 0 Å². The summed E-state index contributed by atoms with van der Waals surface area (Å²) in [4.78, 5) is 0. The highest BCUT2D eigenvalue weighted by atomic mass is 16.3. The zero-order valence-corrected chi connectivity index (χ0v) is 10.7. The van der Waals surface area contributed by atoms with Crippen LogP contribution >= 0.6 is 0 Å². The fourth-order valence-corrected chi connectivity index (χ4v) is 2.47. The lowest BCUT2D eigenvalue weighted by Crippen LogP contribution is -1.99. The number of allylic oxidation sites excluding steroid dienone is 1. The van der Waals surface area contributed by atoms with Crippen molar-refractivity contribution in [2.45, 2.75) is 12.8 Å². The highest BCUT2D eigenvalue weighted by Crippen LogP contribution is 2.37. The second-order valence-electron chi connectivity index (χ2n) is 4.91. The first-order valence-corrected chi connectivity index (χ1v) is 6.32. The van der Waals surface area contributed by atoms with Gasteiger partial charge in [0.15, 0.2) is 23.0 Å². The van der Waals surface area contributed by atoms with Gasteiger partial charge in [0.25, 0.3) is 0 Å². The van der Waals surface area contributed by atoms with Crippen molar-refractivity contribution in [2.24, 2.45) is 0 Å². The predicted octanol–water partition coefficient (Wildman–Crippen LogP) is 3.00. The Labute approximate surface area is 115 Å². The van der Waals surface area contributed by atoms with Gasteiger partial charge in [-0.3, -0.25) is 0 Å². The van der Waals surface area contributed by atoms with Crippen LogP contribution in [-0.4, -0.2) is 20.4 Å². The molecule has 20 heavy (non-hydrogen) atoms. The summed E-state index contributed by atoms with van der Waals surface area (Å²) in [6, 6.07) is 7.82. The van der Waals surface area contributed by atoms with Crippen molar-refractivity contribution in [3.8, 4) is 23.0 Å². The first-order valence-electron chi connectivity index (χ1n) is 6.32. The van der Waals surface area contributed by atoms with Crippen LogP contribution in [0.1, 0.15) is 23.1 Å². The van der Waals surface area contributed by atoms with Crippen LogP contribution in [0.15, 0.2) is 30.3 Å². The van der Waals surface area contributed by atoms with Crippen molar-refractivity contribution in [3.05, 3.63) is 47.0 Å². The molecule has 0 bridgehead atoms. The van der Waals surface area contributed by atoms with Crippen LogP contribution in [0.25, 0.3) is 11.6 Å². The zero-order valence-electron chi connectivity index (χ0n) is 10.7. The van der Waals surface area contributed by atoms with Crippen LogP contribution < -0.4 is 0 Å². The molecule has 0 unspecified atom stereocenters. The first kappa shape index (κ1) is 12.4. The number of benzene rings is 2. The minimum absolute atomic E-state index is 0.108. The molecule has 1 aliphatic rings. The molecule has 0 heterocycles. The predicted molar refractivity (Wildman–Crippen MR) is 75.7 cm³/mol. The summed E-state index contributed by atoms with van der Waals surface area (Å²) in [5.41, 5.74) is 3.68. The molecule has 0 saturated carbocycles. The van der Waals surface area contributed by atoms with Crippen LogP contribution in [0.2, 0.25) is 0 Å². The van der Waals surface area contributed by atoms with Gasteiger partial charge in [0.1, 0.15) is 0 Å². The van der Waals surface area contributed by atoms with Crippen molar-refractivity contribution >= 4 is 11.6 Å². The quantitative estimate of drug-likeness (QED) is 0.600. The van der Waals surface area contributed by atoms with Gasteiger partial charge in [-0.15, -0.1) is 0 Å². The molecule has 0 fully saturated rings. The summed E-state index contributed by atoms with van der Waals surface area (Å²) in [5, 5.41) is 37.9. The molecule has 0 radical (unpaired) electrons. The Morgan fingerprint density at radius 2 is 1.40 bits per heavy atom. The van der Waals surface area contributed by atoms with E-state index in [9.17, 15) is 20.4 Å². The average molecular weight is 270 g/mol. The molecule has 0 aromatic heterocycles. The number of hydrogen-bond acceptors (Lipinski definition) is 4. The van der Waals surface area contributed by atoms with Crippen molar-refractivity contribution in [3.63, 3.8) is 0 Å². The second kappa shape index (κ2) is 4.49. The van der Waals surface area contributed by atoms with Crippen LogP contribution in [0.5, 0.6) is 23.0 Å². The number of phenolic OH excluding ortho intramolecular Hbond substituents is 4. The average Bonchev–Trinajstić information content (AvgIpc) is 2.43. The van der Waals surface area contributed by atoms with Gasteiger partial charge in [-0.2, -0.15) is 0 Å². The lowest BCUT2D eigenvalue weighted by Gasteiger charge is -2.18. The summed E-state index contributed by atoms with van der Waals surface area (Å²) in [6.45, 7) is 0. The summed E-state index contributed by atoms with van der Waals surface area (Å²) >= 11 is 0. The topological polar surface area (TPSA) is 80.9 Å². The lowest BCUT2D eigenvalue weighted by molar-refractivity contribution is 0.403. The number of phenols is 4. The Hall–Kier alpha value is -2.62. The van der Waals surface area contributed by atoms with Crippen molar-refractivity contribution in [2.75, 3.05) is 0 Å². The maximum atomic E-state index is 9.56. The van der Waals surface area contributed by atoms with Crippen LogP contribution in [0.3, 0.4) is 0 Å². The van der Waals surface area contributed by atoms with Gasteiger partial charge in [0.2, 0.25) is 0 Å². The minimum Gasteiger partial charge on any atom is -0.504 e. The molecule has 0 amide bonds. The van der Waals surface area contributed by atoms with E-state index in [1.807, 2.05) is 6.08 Å². The molecule has 4 N–H and O–H groups in total. The fraction of sp³-hybridized carbons (Fsp3) is 0.125. The maximum absolute atomic E-state index is 9.56. The van der Waals surface area contributed by atoms with E-state index in [1.54, 1.807) is 12.1 Å². The Balaban J connectivity index is 2.05. The highest BCUT2D eigenvalue weighted by Gasteiger charge is 2.15. The molecule has 0 spiro atoms. The number of aryl methyl sites for hydroxylation is 1. The molecule has 4 heteroatoms. The summed E-state index contributed by atoms with van der Waals surface area (Å²) in [7, 11) is 0. The monoisotopic (exact) mass is 270 g/mol. The Morgan fingerprint density at radius 1 is 0.700 bits per heavy atom. The molecule has 0 aliphatic heterocycles. The number of fused-ring (bicyclic) bond motifs is 1. The van der Waals surface area contributed by atoms with Gasteiger partial charge >= 0.3 is 0 Å². The van der Waals surface area contributed by atoms with Gasteiger partial charge in [0, 0.05) is 0 Å². The number of rotatable bonds is 1. The molecule has 3 rings (SSSR count). The third-order valence-corrected chi connectivity index (χ3v) is 3.58. The van der Waals surface area contributed by atoms with Gasteiger partial charge in [-0.1, -0.05) is 12.1 Å². The highest BCUT2D eigenvalue weighted by molar-refractivity contribution is 5.85. The Morgan fingerprint density at radius 3 is 2.15 bits per heavy atom. The van der Waals surface area contributed by atoms with Crippen LogP contribution in [0, 0.1) is 0 Å². The Kier molecular flexibility index (Phi) is 2.79. The van der Waals surface area contributed by atoms with Gasteiger partial charge in [0.05, 0.1) is 0 Å². The summed E-state index contributed by atoms with van der Waals surface area (Å²) in [5.74, 6) is -0.548. The number of hydrogen-bond donors (Lipinski definition) is 4. The third-order valence-electron chi connectivity index (χ3n) is 3.58. The smallest absolute Gasteiger partial charge is 0.158 e. The molecular weight excluding hydrogens is 256 g/mol. The molecule has 2 aromatic carbocycles. The van der Waals surface area contributed by atoms with E-state index in [0.29, 0.717) is 0 Å². The standard InChI is InChI=1S/C16H14O4/c17-13-4-3-10(6-14(13)18)9-1-2-11-7-15(19)16(20)8-12(11)5-9/h3-8,17-20H,1-2H2. The van der Waals surface area contributed by atoms with Crippen molar-refractivity contribution in [1.82, 2.24) is 0 Å². The third kappa shape index (κ3) is 2.05. The molecule has 102 valence electrons. The molecule has 0 saturated heterocycles. The summed E-state index contributed by atoms with van der Waals surface area (Å²) < 4.78 is 0. The molecule has 0 atom stereocenters. The minimum atomic E-state index is -0.150. The molecule has 4 nitrogen and oxygen atoms in total. The van der Waals surface area contributed by atoms with E-state index in [0.717, 1.165) is 35.1 Å². The van der Waals surface area contributed by atoms with E-state index in [2.05, 4.69) is 0 Å². The first-order chi connectivity index (χ1) is 9.54. The number of aromatic hydroxyl groups is 4. The van der Waals surface area contributed by atoms with E-state index in [4.69, 9.17) is 0 Å². The second-order valence-corrected chi connectivity index (χ2v) is 4.91. The largest absolute Gasteiger partial charge is 0.504 e. The normalized spacial score (nSPS) is 13.7. The van der Waals surface area contributed by atoms with Gasteiger partial charge < -0.3 is 20.4 Å². The van der Waals surface area contributed by atoms with Gasteiger partial charge in [-0.25, -0.2) is 0 Å². The van der Waals surface area contributed by atoms with E-state index in [-0.39, 0.29) is 23.0 Å². The van der Waals surface area contributed by atoms with Crippen LogP contribution in [0.4, 0.5) is 0 Å².